The zero-order valence-electron chi connectivity index (χ0n) is 12.7. The van der Waals surface area contributed by atoms with Crippen molar-refractivity contribution >= 4 is 11.8 Å². The highest BCUT2D eigenvalue weighted by Gasteiger charge is 2.27. The fraction of sp³-hybridized carbons (Fsp3) is 0.714. The molecule has 0 radical (unpaired) electrons. The zero-order chi connectivity index (χ0) is 14.6. The summed E-state index contributed by atoms with van der Waals surface area (Å²) < 4.78 is 1.90. The number of hydrogen-bond acceptors (Lipinski definition) is 4. The van der Waals surface area contributed by atoms with E-state index in [0.29, 0.717) is 11.3 Å². The number of nitriles is 1. The SMILES string of the molecule is Cc1cc(SC(C)CC(C)(C#N)NC(C)C)n(C)n1. The summed E-state index contributed by atoms with van der Waals surface area (Å²) in [6.45, 7) is 10.3. The molecule has 4 nitrogen and oxygen atoms in total. The molecule has 0 aliphatic heterocycles. The minimum Gasteiger partial charge on any atom is -0.297 e. The van der Waals surface area contributed by atoms with Crippen molar-refractivity contribution in [1.29, 1.82) is 5.26 Å². The molecule has 0 bridgehead atoms. The van der Waals surface area contributed by atoms with Crippen LogP contribution < -0.4 is 5.32 Å². The smallest absolute Gasteiger partial charge is 0.105 e. The van der Waals surface area contributed by atoms with Gasteiger partial charge in [0.25, 0.3) is 0 Å². The van der Waals surface area contributed by atoms with E-state index in [9.17, 15) is 5.26 Å². The van der Waals surface area contributed by atoms with Crippen molar-refractivity contribution in [3.63, 3.8) is 0 Å². The molecule has 106 valence electrons. The summed E-state index contributed by atoms with van der Waals surface area (Å²) in [5.74, 6) is 0. The van der Waals surface area contributed by atoms with Gasteiger partial charge in [-0.3, -0.25) is 10.00 Å². The normalized spacial score (nSPS) is 16.1. The van der Waals surface area contributed by atoms with Crippen LogP contribution in [-0.4, -0.2) is 26.6 Å². The van der Waals surface area contributed by atoms with Crippen molar-refractivity contribution in [1.82, 2.24) is 15.1 Å². The first-order valence-electron chi connectivity index (χ1n) is 6.62. The summed E-state index contributed by atoms with van der Waals surface area (Å²) in [6.07, 6.45) is 0.802. The number of thioether (sulfide) groups is 1. The molecule has 0 aromatic carbocycles. The van der Waals surface area contributed by atoms with Gasteiger partial charge in [0, 0.05) is 18.3 Å². The molecule has 1 aromatic rings. The van der Waals surface area contributed by atoms with Gasteiger partial charge in [0.1, 0.15) is 5.54 Å². The molecule has 19 heavy (non-hydrogen) atoms. The van der Waals surface area contributed by atoms with Gasteiger partial charge in [0.05, 0.1) is 16.8 Å². The fourth-order valence-corrected chi connectivity index (χ4v) is 3.55. The van der Waals surface area contributed by atoms with Crippen LogP contribution in [0.5, 0.6) is 0 Å². The van der Waals surface area contributed by atoms with Gasteiger partial charge in [-0.1, -0.05) is 6.92 Å². The van der Waals surface area contributed by atoms with E-state index in [1.807, 2.05) is 25.6 Å². The topological polar surface area (TPSA) is 53.6 Å². The third-order valence-corrected chi connectivity index (χ3v) is 4.02. The summed E-state index contributed by atoms with van der Waals surface area (Å²) in [6, 6.07) is 4.79. The Hall–Kier alpha value is -0.990. The second kappa shape index (κ2) is 6.44. The molecule has 0 aliphatic rings. The van der Waals surface area contributed by atoms with Crippen LogP contribution >= 0.6 is 11.8 Å². The van der Waals surface area contributed by atoms with E-state index in [4.69, 9.17) is 0 Å². The van der Waals surface area contributed by atoms with Gasteiger partial charge in [0.2, 0.25) is 0 Å². The maximum atomic E-state index is 9.37. The van der Waals surface area contributed by atoms with E-state index in [2.05, 4.69) is 43.3 Å². The van der Waals surface area contributed by atoms with E-state index in [1.165, 1.54) is 0 Å². The molecule has 0 aliphatic carbocycles. The van der Waals surface area contributed by atoms with Crippen molar-refractivity contribution in [2.75, 3.05) is 0 Å². The molecular weight excluding hydrogens is 256 g/mol. The number of aryl methyl sites for hydroxylation is 2. The average Bonchev–Trinajstić information content (AvgIpc) is 2.55. The van der Waals surface area contributed by atoms with Crippen molar-refractivity contribution in [3.05, 3.63) is 11.8 Å². The molecule has 0 spiro atoms. The molecule has 1 aromatic heterocycles. The molecule has 2 unspecified atom stereocenters. The molecule has 0 amide bonds. The molecule has 1 heterocycles. The quantitative estimate of drug-likeness (QED) is 0.814. The van der Waals surface area contributed by atoms with Crippen LogP contribution in [0.3, 0.4) is 0 Å². The van der Waals surface area contributed by atoms with Crippen LogP contribution in [0.4, 0.5) is 0 Å². The number of hydrogen-bond donors (Lipinski definition) is 1. The lowest BCUT2D eigenvalue weighted by Gasteiger charge is -2.28. The Kier molecular flexibility index (Phi) is 5.45. The van der Waals surface area contributed by atoms with Crippen molar-refractivity contribution < 1.29 is 0 Å². The van der Waals surface area contributed by atoms with Crippen LogP contribution in [0.15, 0.2) is 11.1 Å². The van der Waals surface area contributed by atoms with Gasteiger partial charge >= 0.3 is 0 Å². The van der Waals surface area contributed by atoms with Gasteiger partial charge in [0.15, 0.2) is 0 Å². The Labute approximate surface area is 120 Å². The minimum absolute atomic E-state index is 0.306. The third kappa shape index (κ3) is 4.88. The van der Waals surface area contributed by atoms with Gasteiger partial charge in [-0.15, -0.1) is 11.8 Å². The standard InChI is InChI=1S/C14H24N4S/c1-10(2)16-14(5,9-15)8-12(4)19-13-7-11(3)17-18(13)6/h7,10,12,16H,8H2,1-6H3. The van der Waals surface area contributed by atoms with Crippen LogP contribution in [0.25, 0.3) is 0 Å². The van der Waals surface area contributed by atoms with E-state index < -0.39 is 5.54 Å². The van der Waals surface area contributed by atoms with E-state index in [1.54, 1.807) is 11.8 Å². The largest absolute Gasteiger partial charge is 0.297 e. The van der Waals surface area contributed by atoms with Crippen molar-refractivity contribution in [2.45, 2.75) is 62.9 Å². The van der Waals surface area contributed by atoms with Gasteiger partial charge < -0.3 is 0 Å². The lowest BCUT2D eigenvalue weighted by Crippen LogP contribution is -2.46. The highest BCUT2D eigenvalue weighted by Crippen LogP contribution is 2.28. The molecule has 0 saturated heterocycles. The fourth-order valence-electron chi connectivity index (χ4n) is 2.29. The number of aromatic nitrogens is 2. The minimum atomic E-state index is -0.478. The Morgan fingerprint density at radius 1 is 1.53 bits per heavy atom. The lowest BCUT2D eigenvalue weighted by atomic mass is 9.97. The highest BCUT2D eigenvalue weighted by molar-refractivity contribution is 7.99. The molecule has 5 heteroatoms. The van der Waals surface area contributed by atoms with Crippen LogP contribution in [0.1, 0.15) is 39.8 Å². The first-order chi connectivity index (χ1) is 8.75. The van der Waals surface area contributed by atoms with Crippen molar-refractivity contribution in [3.8, 4) is 6.07 Å². The van der Waals surface area contributed by atoms with E-state index >= 15 is 0 Å². The Balaban J connectivity index is 2.66. The zero-order valence-corrected chi connectivity index (χ0v) is 13.5. The molecular formula is C14H24N4S. The van der Waals surface area contributed by atoms with Gasteiger partial charge in [-0.25, -0.2) is 0 Å². The first kappa shape index (κ1) is 16.1. The molecule has 1 rings (SSSR count). The maximum absolute atomic E-state index is 9.37. The number of nitrogens with zero attached hydrogens (tertiary/aromatic N) is 3. The Morgan fingerprint density at radius 3 is 2.58 bits per heavy atom. The van der Waals surface area contributed by atoms with Crippen LogP contribution in [-0.2, 0) is 7.05 Å². The monoisotopic (exact) mass is 280 g/mol. The molecule has 0 fully saturated rings. The first-order valence-corrected chi connectivity index (χ1v) is 7.50. The maximum Gasteiger partial charge on any atom is 0.105 e. The number of rotatable bonds is 6. The Bertz CT molecular complexity index is 461. The summed E-state index contributed by atoms with van der Waals surface area (Å²) in [4.78, 5) is 0. The number of nitrogens with one attached hydrogen (secondary N) is 1. The van der Waals surface area contributed by atoms with Crippen molar-refractivity contribution in [2.24, 2.45) is 7.05 Å². The predicted octanol–water partition coefficient (Wildman–Crippen LogP) is 2.88. The molecule has 2 atom stereocenters. The summed E-state index contributed by atoms with van der Waals surface area (Å²) >= 11 is 1.77. The van der Waals surface area contributed by atoms with E-state index in [0.717, 1.165) is 17.1 Å². The average molecular weight is 280 g/mol. The summed E-state index contributed by atoms with van der Waals surface area (Å²) in [7, 11) is 1.96. The molecule has 1 N–H and O–H groups in total. The molecule has 0 saturated carbocycles. The van der Waals surface area contributed by atoms with Gasteiger partial charge in [-0.2, -0.15) is 10.4 Å². The summed E-state index contributed by atoms with van der Waals surface area (Å²) in [5, 5.41) is 18.6. The highest BCUT2D eigenvalue weighted by atomic mass is 32.2. The second-order valence-electron chi connectivity index (χ2n) is 5.62. The van der Waals surface area contributed by atoms with Crippen LogP contribution in [0, 0.1) is 18.3 Å². The predicted molar refractivity (Wildman–Crippen MR) is 80.2 cm³/mol. The van der Waals surface area contributed by atoms with Gasteiger partial charge in [-0.05, 0) is 40.2 Å². The second-order valence-corrected chi connectivity index (χ2v) is 7.08. The summed E-state index contributed by atoms with van der Waals surface area (Å²) in [5.41, 5.74) is 0.550. The van der Waals surface area contributed by atoms with E-state index in [-0.39, 0.29) is 0 Å². The lowest BCUT2D eigenvalue weighted by molar-refractivity contribution is 0.382. The van der Waals surface area contributed by atoms with Crippen LogP contribution in [0.2, 0.25) is 0 Å². The Morgan fingerprint density at radius 2 is 2.16 bits per heavy atom. The third-order valence-electron chi connectivity index (χ3n) is 2.83.